The molecule has 0 amide bonds. The molecule has 3 nitrogen and oxygen atoms in total. The van der Waals surface area contributed by atoms with E-state index in [0.717, 1.165) is 16.7 Å². The molecule has 0 spiro atoms. The highest BCUT2D eigenvalue weighted by Gasteiger charge is 2.16. The van der Waals surface area contributed by atoms with Gasteiger partial charge in [-0.2, -0.15) is 0 Å². The quantitative estimate of drug-likeness (QED) is 0.446. The van der Waals surface area contributed by atoms with Crippen LogP contribution in [0, 0.1) is 20.8 Å². The van der Waals surface area contributed by atoms with Gasteiger partial charge in [-0.25, -0.2) is 0 Å². The van der Waals surface area contributed by atoms with Crippen molar-refractivity contribution in [3.63, 3.8) is 0 Å². The third-order valence-corrected chi connectivity index (χ3v) is 2.49. The Bertz CT molecular complexity index is 410. The van der Waals surface area contributed by atoms with Gasteiger partial charge in [0.05, 0.1) is 7.11 Å². The Hall–Kier alpha value is -1.64. The van der Waals surface area contributed by atoms with Crippen molar-refractivity contribution >= 4 is 11.8 Å². The normalized spacial score (nSPS) is 10.0. The van der Waals surface area contributed by atoms with Crippen LogP contribution in [0.25, 0.3) is 0 Å². The molecule has 0 atom stereocenters. The van der Waals surface area contributed by atoms with Gasteiger partial charge in [-0.15, -0.1) is 0 Å². The van der Waals surface area contributed by atoms with Gasteiger partial charge in [-0.3, -0.25) is 9.59 Å². The summed E-state index contributed by atoms with van der Waals surface area (Å²) in [5.41, 5.74) is 3.57. The summed E-state index contributed by atoms with van der Waals surface area (Å²) in [6.07, 6.45) is -0.193. The van der Waals surface area contributed by atoms with Gasteiger partial charge in [0.15, 0.2) is 5.78 Å². The fraction of sp³-hybridized carbons (Fsp3) is 0.385. The minimum Gasteiger partial charge on any atom is -0.469 e. The lowest BCUT2D eigenvalue weighted by molar-refractivity contribution is -0.139. The van der Waals surface area contributed by atoms with Crippen LogP contribution in [0.2, 0.25) is 0 Å². The van der Waals surface area contributed by atoms with Crippen molar-refractivity contribution in [3.05, 3.63) is 34.4 Å². The maximum atomic E-state index is 11.9. The Balaban J connectivity index is 3.04. The van der Waals surface area contributed by atoms with Gasteiger partial charge in [0, 0.05) is 5.56 Å². The molecule has 0 saturated carbocycles. The van der Waals surface area contributed by atoms with E-state index in [1.807, 2.05) is 32.9 Å². The van der Waals surface area contributed by atoms with E-state index in [2.05, 4.69) is 4.74 Å². The molecule has 16 heavy (non-hydrogen) atoms. The third-order valence-electron chi connectivity index (χ3n) is 2.49. The van der Waals surface area contributed by atoms with Crippen LogP contribution in [0.4, 0.5) is 0 Å². The first kappa shape index (κ1) is 12.4. The Morgan fingerprint density at radius 1 is 1.12 bits per heavy atom. The van der Waals surface area contributed by atoms with Gasteiger partial charge in [-0.05, 0) is 31.9 Å². The van der Waals surface area contributed by atoms with Crippen LogP contribution in [0.1, 0.15) is 33.5 Å². The van der Waals surface area contributed by atoms with Gasteiger partial charge in [0.2, 0.25) is 0 Å². The number of carbonyl (C=O) groups is 2. The number of rotatable bonds is 3. The molecule has 0 aromatic heterocycles. The minimum absolute atomic E-state index is 0.179. The Kier molecular flexibility index (Phi) is 3.82. The van der Waals surface area contributed by atoms with E-state index in [0.29, 0.717) is 5.56 Å². The van der Waals surface area contributed by atoms with Crippen molar-refractivity contribution in [3.8, 4) is 0 Å². The van der Waals surface area contributed by atoms with Gasteiger partial charge >= 0.3 is 5.97 Å². The van der Waals surface area contributed by atoms with Crippen molar-refractivity contribution in [2.24, 2.45) is 0 Å². The second-order valence-electron chi connectivity index (χ2n) is 3.95. The fourth-order valence-corrected chi connectivity index (χ4v) is 1.91. The van der Waals surface area contributed by atoms with Crippen molar-refractivity contribution < 1.29 is 14.3 Å². The molecular formula is C13H16O3. The predicted molar refractivity (Wildman–Crippen MR) is 61.6 cm³/mol. The molecule has 0 fully saturated rings. The number of benzene rings is 1. The summed E-state index contributed by atoms with van der Waals surface area (Å²) in [7, 11) is 1.28. The highest BCUT2D eigenvalue weighted by molar-refractivity contribution is 6.07. The van der Waals surface area contributed by atoms with E-state index in [1.54, 1.807) is 0 Å². The molecule has 0 bridgehead atoms. The van der Waals surface area contributed by atoms with Gasteiger partial charge in [-0.1, -0.05) is 17.7 Å². The summed E-state index contributed by atoms with van der Waals surface area (Å²) >= 11 is 0. The number of Topliss-reactive ketones (excluding diaryl/α,β-unsaturated/α-hetero) is 1. The highest BCUT2D eigenvalue weighted by atomic mass is 16.5. The summed E-state index contributed by atoms with van der Waals surface area (Å²) in [5, 5.41) is 0. The highest BCUT2D eigenvalue weighted by Crippen LogP contribution is 2.18. The Morgan fingerprint density at radius 3 is 2.06 bits per heavy atom. The van der Waals surface area contributed by atoms with E-state index in [1.165, 1.54) is 7.11 Å². The van der Waals surface area contributed by atoms with Crippen molar-refractivity contribution in [2.75, 3.05) is 7.11 Å². The van der Waals surface area contributed by atoms with E-state index in [4.69, 9.17) is 0 Å². The zero-order valence-corrected chi connectivity index (χ0v) is 10.1. The number of aryl methyl sites for hydroxylation is 3. The molecule has 0 radical (unpaired) electrons. The lowest BCUT2D eigenvalue weighted by Crippen LogP contribution is -2.12. The molecule has 86 valence electrons. The third kappa shape index (κ3) is 2.69. The van der Waals surface area contributed by atoms with Crippen LogP contribution in [0.5, 0.6) is 0 Å². The number of hydrogen-bond acceptors (Lipinski definition) is 3. The molecule has 3 heteroatoms. The number of esters is 1. The van der Waals surface area contributed by atoms with E-state index < -0.39 is 5.97 Å². The topological polar surface area (TPSA) is 43.4 Å². The number of methoxy groups -OCH3 is 1. The lowest BCUT2D eigenvalue weighted by Gasteiger charge is -2.09. The van der Waals surface area contributed by atoms with Crippen molar-refractivity contribution in [1.29, 1.82) is 0 Å². The van der Waals surface area contributed by atoms with Gasteiger partial charge in [0.1, 0.15) is 6.42 Å². The van der Waals surface area contributed by atoms with E-state index in [9.17, 15) is 9.59 Å². The molecular weight excluding hydrogens is 204 g/mol. The van der Waals surface area contributed by atoms with Gasteiger partial charge < -0.3 is 4.74 Å². The number of ketones is 1. The average molecular weight is 220 g/mol. The second-order valence-corrected chi connectivity index (χ2v) is 3.95. The zero-order chi connectivity index (χ0) is 12.3. The standard InChI is InChI=1S/C13H16O3/c1-8-5-9(2)13(10(3)6-8)11(14)7-12(15)16-4/h5-6H,7H2,1-4H3. The number of carbonyl (C=O) groups excluding carboxylic acids is 2. The monoisotopic (exact) mass is 220 g/mol. The lowest BCUT2D eigenvalue weighted by atomic mass is 9.95. The van der Waals surface area contributed by atoms with E-state index in [-0.39, 0.29) is 12.2 Å². The van der Waals surface area contributed by atoms with E-state index >= 15 is 0 Å². The summed E-state index contributed by atoms with van der Waals surface area (Å²) in [5.74, 6) is -0.675. The van der Waals surface area contributed by atoms with Crippen LogP contribution >= 0.6 is 0 Å². The average Bonchev–Trinajstić information content (AvgIpc) is 2.15. The largest absolute Gasteiger partial charge is 0.469 e. The van der Waals surface area contributed by atoms with Crippen LogP contribution < -0.4 is 0 Å². The van der Waals surface area contributed by atoms with Gasteiger partial charge in [0.25, 0.3) is 0 Å². The summed E-state index contributed by atoms with van der Waals surface area (Å²) in [4.78, 5) is 22.9. The predicted octanol–water partition coefficient (Wildman–Crippen LogP) is 2.36. The molecule has 0 aliphatic rings. The maximum absolute atomic E-state index is 11.9. The Labute approximate surface area is 95.4 Å². The molecule has 0 saturated heterocycles. The molecule has 1 aromatic carbocycles. The molecule has 0 unspecified atom stereocenters. The SMILES string of the molecule is COC(=O)CC(=O)c1c(C)cc(C)cc1C. The fourth-order valence-electron chi connectivity index (χ4n) is 1.91. The van der Waals surface area contributed by atoms with Crippen molar-refractivity contribution in [2.45, 2.75) is 27.2 Å². The maximum Gasteiger partial charge on any atom is 0.313 e. The van der Waals surface area contributed by atoms with Crippen LogP contribution in [-0.4, -0.2) is 18.9 Å². The molecule has 0 heterocycles. The first-order valence-corrected chi connectivity index (χ1v) is 5.13. The number of ether oxygens (including phenoxy) is 1. The number of hydrogen-bond donors (Lipinski definition) is 0. The molecule has 0 aliphatic carbocycles. The first-order valence-electron chi connectivity index (χ1n) is 5.13. The molecule has 1 aromatic rings. The first-order chi connectivity index (χ1) is 7.45. The molecule has 0 aliphatic heterocycles. The van der Waals surface area contributed by atoms with Crippen molar-refractivity contribution in [1.82, 2.24) is 0 Å². The van der Waals surface area contributed by atoms with Crippen LogP contribution in [0.3, 0.4) is 0 Å². The Morgan fingerprint density at radius 2 is 1.62 bits per heavy atom. The second kappa shape index (κ2) is 4.92. The minimum atomic E-state index is -0.496. The summed E-state index contributed by atoms with van der Waals surface area (Å²) in [6, 6.07) is 3.88. The summed E-state index contributed by atoms with van der Waals surface area (Å²) in [6.45, 7) is 5.74. The zero-order valence-electron chi connectivity index (χ0n) is 10.1. The smallest absolute Gasteiger partial charge is 0.313 e. The summed E-state index contributed by atoms with van der Waals surface area (Å²) < 4.78 is 4.49. The van der Waals surface area contributed by atoms with Crippen LogP contribution in [0.15, 0.2) is 12.1 Å². The molecule has 0 N–H and O–H groups in total. The van der Waals surface area contributed by atoms with Crippen LogP contribution in [-0.2, 0) is 9.53 Å². The molecule has 1 rings (SSSR count).